The van der Waals surface area contributed by atoms with Crippen LogP contribution in [0.2, 0.25) is 0 Å². The lowest BCUT2D eigenvalue weighted by molar-refractivity contribution is 0.668. The molecule has 0 saturated carbocycles. The maximum atomic E-state index is 5.28. The monoisotopic (exact) mass is 752 g/mol. The van der Waals surface area contributed by atoms with Crippen LogP contribution in [0.1, 0.15) is 25.0 Å². The van der Waals surface area contributed by atoms with Crippen LogP contribution in [0.3, 0.4) is 0 Å². The van der Waals surface area contributed by atoms with Crippen molar-refractivity contribution in [1.82, 2.24) is 9.97 Å². The maximum absolute atomic E-state index is 5.28. The number of nitrogens with zero attached hydrogens (tertiary/aromatic N) is 2. The lowest BCUT2D eigenvalue weighted by Gasteiger charge is -2.26. The minimum absolute atomic E-state index is 0.163. The average Bonchev–Trinajstić information content (AvgIpc) is 3.55. The molecule has 1 heterocycles. The second-order valence-electron chi connectivity index (χ2n) is 16.1. The van der Waals surface area contributed by atoms with Crippen LogP contribution in [-0.2, 0) is 5.41 Å². The number of benzene rings is 9. The quantitative estimate of drug-likeness (QED) is 0.169. The van der Waals surface area contributed by atoms with Crippen LogP contribution in [0.5, 0.6) is 0 Å². The third-order valence-corrected chi connectivity index (χ3v) is 12.3. The summed E-state index contributed by atoms with van der Waals surface area (Å²) in [6.45, 7) is 4.79. The fourth-order valence-corrected chi connectivity index (χ4v) is 9.52. The second kappa shape index (κ2) is 13.9. The molecule has 0 fully saturated rings. The van der Waals surface area contributed by atoms with E-state index in [0.29, 0.717) is 5.82 Å². The summed E-state index contributed by atoms with van der Waals surface area (Å²) < 4.78 is 0. The van der Waals surface area contributed by atoms with Crippen molar-refractivity contribution in [2.24, 2.45) is 0 Å². The largest absolute Gasteiger partial charge is 0.228 e. The molecule has 0 spiro atoms. The van der Waals surface area contributed by atoms with Gasteiger partial charge < -0.3 is 0 Å². The van der Waals surface area contributed by atoms with Crippen LogP contribution < -0.4 is 0 Å². The van der Waals surface area contributed by atoms with Gasteiger partial charge in [0.2, 0.25) is 0 Å². The van der Waals surface area contributed by atoms with E-state index in [2.05, 4.69) is 214 Å². The van der Waals surface area contributed by atoms with Gasteiger partial charge in [-0.25, -0.2) is 9.97 Å². The Hall–Kier alpha value is -7.42. The van der Waals surface area contributed by atoms with E-state index in [1.807, 2.05) is 6.07 Å². The highest BCUT2D eigenvalue weighted by Gasteiger charge is 2.38. The van der Waals surface area contributed by atoms with E-state index in [9.17, 15) is 0 Å². The van der Waals surface area contributed by atoms with Crippen LogP contribution >= 0.6 is 0 Å². The predicted molar refractivity (Wildman–Crippen MR) is 247 cm³/mol. The number of fused-ring (bicyclic) bond motifs is 6. The van der Waals surface area contributed by atoms with Crippen molar-refractivity contribution in [3.05, 3.63) is 217 Å². The van der Waals surface area contributed by atoms with Gasteiger partial charge in [-0.2, -0.15) is 0 Å². The Morgan fingerprint density at radius 2 is 0.780 bits per heavy atom. The molecular weight excluding hydrogens is 713 g/mol. The Kier molecular flexibility index (Phi) is 8.20. The van der Waals surface area contributed by atoms with E-state index >= 15 is 0 Å². The first-order chi connectivity index (χ1) is 29.0. The van der Waals surface area contributed by atoms with Crippen molar-refractivity contribution in [3.63, 3.8) is 0 Å². The van der Waals surface area contributed by atoms with Crippen molar-refractivity contribution < 1.29 is 0 Å². The van der Waals surface area contributed by atoms with E-state index in [-0.39, 0.29) is 5.41 Å². The Labute approximate surface area is 345 Å². The molecule has 0 bridgehead atoms. The van der Waals surface area contributed by atoms with Crippen molar-refractivity contribution in [3.8, 4) is 78.4 Å². The fourth-order valence-electron chi connectivity index (χ4n) is 9.52. The topological polar surface area (TPSA) is 25.8 Å². The molecule has 2 nitrogen and oxygen atoms in total. The van der Waals surface area contributed by atoms with Gasteiger partial charge in [0.1, 0.15) is 0 Å². The third-order valence-electron chi connectivity index (χ3n) is 12.3. The third kappa shape index (κ3) is 5.87. The molecule has 1 aliphatic carbocycles. The van der Waals surface area contributed by atoms with Gasteiger partial charge in [-0.15, -0.1) is 0 Å². The summed E-state index contributed by atoms with van der Waals surface area (Å²) in [5.74, 6) is 0.708. The SMILES string of the molecule is CC1(C)c2c(-c3cccc(-c4ccc(-c5nc(-c6ccccc6)cc(-c6ccc(-c7ccccc7)cc6)n5)c5ccccc45)c3)cccc2-c2ccc3ccccc3c21. The number of rotatable bonds is 6. The molecule has 59 heavy (non-hydrogen) atoms. The van der Waals surface area contributed by atoms with E-state index in [0.717, 1.165) is 33.5 Å². The summed E-state index contributed by atoms with van der Waals surface area (Å²) in [5.41, 5.74) is 17.5. The average molecular weight is 753 g/mol. The first-order valence-corrected chi connectivity index (χ1v) is 20.4. The standard InChI is InChI=1S/C57H40N2/c1-57(2)54-45-22-10-9-17-39(45)31-32-50(54)49-26-14-25-46(55(49)57)43-21-13-20-42(35-43)44-33-34-51(48-24-12-11-23-47(44)48)56-58-52(40-18-7-4-8-19-40)36-53(59-56)41-29-27-38(28-30-41)37-15-5-3-6-16-37/h3-36H,1-2H3. The van der Waals surface area contributed by atoms with Crippen molar-refractivity contribution >= 4 is 21.5 Å². The number of aromatic nitrogens is 2. The molecule has 0 radical (unpaired) electrons. The number of hydrogen-bond donors (Lipinski definition) is 0. The zero-order chi connectivity index (χ0) is 39.5. The molecule has 1 aliphatic rings. The van der Waals surface area contributed by atoms with Crippen LogP contribution in [0, 0.1) is 0 Å². The summed E-state index contributed by atoms with van der Waals surface area (Å²) in [4.78, 5) is 10.5. The van der Waals surface area contributed by atoms with Crippen LogP contribution in [0.25, 0.3) is 100.0 Å². The zero-order valence-corrected chi connectivity index (χ0v) is 33.0. The molecule has 278 valence electrons. The molecule has 0 saturated heterocycles. The van der Waals surface area contributed by atoms with E-state index < -0.39 is 0 Å². The minimum Gasteiger partial charge on any atom is -0.228 e. The second-order valence-corrected chi connectivity index (χ2v) is 16.1. The first kappa shape index (κ1) is 34.8. The highest BCUT2D eigenvalue weighted by atomic mass is 14.9. The molecule has 0 aliphatic heterocycles. The molecule has 10 aromatic rings. The Balaban J connectivity index is 1.02. The molecule has 0 N–H and O–H groups in total. The van der Waals surface area contributed by atoms with Gasteiger partial charge in [-0.05, 0) is 95.4 Å². The highest BCUT2D eigenvalue weighted by molar-refractivity contribution is 6.05. The van der Waals surface area contributed by atoms with Gasteiger partial charge >= 0.3 is 0 Å². The first-order valence-electron chi connectivity index (χ1n) is 20.4. The molecule has 1 aromatic heterocycles. The molecule has 2 heteroatoms. The van der Waals surface area contributed by atoms with Gasteiger partial charge in [-0.3, -0.25) is 0 Å². The normalized spacial score (nSPS) is 12.7. The van der Waals surface area contributed by atoms with Gasteiger partial charge in [0, 0.05) is 22.1 Å². The molecule has 11 rings (SSSR count). The van der Waals surface area contributed by atoms with Crippen LogP contribution in [0.15, 0.2) is 206 Å². The van der Waals surface area contributed by atoms with Crippen LogP contribution in [-0.4, -0.2) is 9.97 Å². The Morgan fingerprint density at radius 3 is 1.51 bits per heavy atom. The molecule has 0 atom stereocenters. The van der Waals surface area contributed by atoms with Crippen molar-refractivity contribution in [2.45, 2.75) is 19.3 Å². The van der Waals surface area contributed by atoms with Gasteiger partial charge in [-0.1, -0.05) is 202 Å². The molecule has 0 amide bonds. The molecule has 0 unspecified atom stereocenters. The maximum Gasteiger partial charge on any atom is 0.161 e. The van der Waals surface area contributed by atoms with Gasteiger partial charge in [0.15, 0.2) is 5.82 Å². The van der Waals surface area contributed by atoms with Gasteiger partial charge in [0.25, 0.3) is 0 Å². The summed E-state index contributed by atoms with van der Waals surface area (Å²) in [7, 11) is 0. The van der Waals surface area contributed by atoms with Crippen molar-refractivity contribution in [2.75, 3.05) is 0 Å². The lowest BCUT2D eigenvalue weighted by Crippen LogP contribution is -2.16. The molecular formula is C57H40N2. The van der Waals surface area contributed by atoms with E-state index in [1.165, 1.54) is 71.8 Å². The summed E-state index contributed by atoms with van der Waals surface area (Å²) in [6.07, 6.45) is 0. The minimum atomic E-state index is -0.163. The smallest absolute Gasteiger partial charge is 0.161 e. The van der Waals surface area contributed by atoms with Crippen molar-refractivity contribution in [1.29, 1.82) is 0 Å². The highest BCUT2D eigenvalue weighted by Crippen LogP contribution is 2.54. The Morgan fingerprint density at radius 1 is 0.305 bits per heavy atom. The summed E-state index contributed by atoms with van der Waals surface area (Å²) >= 11 is 0. The van der Waals surface area contributed by atoms with E-state index in [4.69, 9.17) is 9.97 Å². The van der Waals surface area contributed by atoms with Gasteiger partial charge in [0.05, 0.1) is 11.4 Å². The fraction of sp³-hybridized carbons (Fsp3) is 0.0526. The Bertz CT molecular complexity index is 3220. The lowest BCUT2D eigenvalue weighted by atomic mass is 9.77. The molecule has 9 aromatic carbocycles. The predicted octanol–water partition coefficient (Wildman–Crippen LogP) is 15.1. The summed E-state index contributed by atoms with van der Waals surface area (Å²) in [5, 5.41) is 4.91. The van der Waals surface area contributed by atoms with Crippen LogP contribution in [0.4, 0.5) is 0 Å². The number of hydrogen-bond acceptors (Lipinski definition) is 2. The van der Waals surface area contributed by atoms with E-state index in [1.54, 1.807) is 0 Å². The summed E-state index contributed by atoms with van der Waals surface area (Å²) in [6, 6.07) is 74.2. The zero-order valence-electron chi connectivity index (χ0n) is 33.0.